The van der Waals surface area contributed by atoms with Crippen LogP contribution in [-0.2, 0) is 31.9 Å². The summed E-state index contributed by atoms with van der Waals surface area (Å²) in [6.45, 7) is 20.5. The van der Waals surface area contributed by atoms with Gasteiger partial charge < -0.3 is 18.9 Å². The molecule has 12 aromatic rings. The van der Waals surface area contributed by atoms with Crippen molar-refractivity contribution in [2.24, 2.45) is 0 Å². The Kier molecular flexibility index (Phi) is 15.6. The molecular weight excluding hydrogens is 1120 g/mol. The molecule has 0 saturated heterocycles. The van der Waals surface area contributed by atoms with Crippen LogP contribution in [0.25, 0.3) is 110 Å². The molecule has 0 N–H and O–H groups in total. The molecule has 5 aromatic heterocycles. The van der Waals surface area contributed by atoms with Crippen LogP contribution in [-0.4, -0.2) is 75.9 Å². The lowest BCUT2D eigenvalue weighted by atomic mass is 9.84. The second-order valence-electron chi connectivity index (χ2n) is 25.2. The molecule has 90 heavy (non-hydrogen) atoms. The number of hydrogen-bond acceptors (Lipinski definition) is 14. The molecule has 14 rings (SSSR count). The Morgan fingerprint density at radius 2 is 0.856 bits per heavy atom. The molecule has 0 saturated carbocycles. The van der Waals surface area contributed by atoms with Crippen LogP contribution in [0.3, 0.4) is 0 Å². The van der Waals surface area contributed by atoms with Crippen LogP contribution in [0.2, 0.25) is 0 Å². The third-order valence-electron chi connectivity index (χ3n) is 16.6. The fourth-order valence-corrected chi connectivity index (χ4v) is 12.7. The number of rotatable bonds is 12. The van der Waals surface area contributed by atoms with Crippen molar-refractivity contribution in [1.29, 1.82) is 0 Å². The zero-order valence-corrected chi connectivity index (χ0v) is 52.2. The molecule has 0 spiro atoms. The highest BCUT2D eigenvalue weighted by Crippen LogP contribution is 2.48. The van der Waals surface area contributed by atoms with Crippen molar-refractivity contribution in [3.63, 3.8) is 0 Å². The average Bonchev–Trinajstić information content (AvgIpc) is 0.762. The largest absolute Gasteiger partial charge is 0.493 e. The Balaban J connectivity index is 0.000000165. The first-order chi connectivity index (χ1) is 43.4. The van der Waals surface area contributed by atoms with Crippen molar-refractivity contribution < 1.29 is 28.5 Å². The topological polar surface area (TPSA) is 174 Å². The van der Waals surface area contributed by atoms with Gasteiger partial charge in [-0.3, -0.25) is 19.6 Å². The Morgan fingerprint density at radius 1 is 0.456 bits per heavy atom. The molecule has 14 heteroatoms. The van der Waals surface area contributed by atoms with E-state index in [1.54, 1.807) is 26.2 Å². The Morgan fingerprint density at radius 3 is 1.29 bits per heavy atom. The number of carbonyl (C=O) groups excluding carboxylic acids is 2. The van der Waals surface area contributed by atoms with E-state index in [-0.39, 0.29) is 11.6 Å². The molecule has 0 bridgehead atoms. The zero-order valence-electron chi connectivity index (χ0n) is 52.2. The first-order valence-electron chi connectivity index (χ1n) is 30.4. The zero-order chi connectivity index (χ0) is 62.6. The van der Waals surface area contributed by atoms with E-state index in [1.165, 1.54) is 23.8 Å². The average molecular weight is 1190 g/mol. The van der Waals surface area contributed by atoms with Gasteiger partial charge in [0, 0.05) is 95.4 Å². The predicted molar refractivity (Wildman–Crippen MR) is 354 cm³/mol. The third-order valence-corrected chi connectivity index (χ3v) is 16.6. The normalized spacial score (nSPS) is 13.5. The summed E-state index contributed by atoms with van der Waals surface area (Å²) in [5.74, 6) is 2.17. The fraction of sp³-hybridized carbons (Fsp3) is 0.237. The fourth-order valence-electron chi connectivity index (χ4n) is 12.7. The minimum absolute atomic E-state index is 0.0341. The number of ether oxygens (including phenoxy) is 4. The summed E-state index contributed by atoms with van der Waals surface area (Å²) < 4.78 is 25.1. The van der Waals surface area contributed by atoms with Gasteiger partial charge in [-0.1, -0.05) is 60.7 Å². The maximum absolute atomic E-state index is 13.3. The molecular formula is C76H68N8O6. The van der Waals surface area contributed by atoms with E-state index in [4.69, 9.17) is 28.9 Å². The number of aromatic nitrogens is 8. The van der Waals surface area contributed by atoms with Gasteiger partial charge in [0.25, 0.3) is 0 Å². The molecule has 7 heterocycles. The molecule has 0 unspecified atom stereocenters. The minimum atomic E-state index is -0.756. The summed E-state index contributed by atoms with van der Waals surface area (Å²) in [6, 6.07) is 38.0. The lowest BCUT2D eigenvalue weighted by Gasteiger charge is -2.30. The van der Waals surface area contributed by atoms with Crippen LogP contribution >= 0.6 is 0 Å². The standard InChI is InChI=1S/C39H35N3O3.C37H33N5O3/c1-23-18-29-19-28(25-6-8-26(9-7-25)30-20-40-22-41-21-30)10-11-31(29)36(34(23)38(24(2)43)45-39(3,4)5)32-12-13-33-35-27(15-17-44-33)14-16-42-37(32)35;1-21-14-25-15-24(26-18-41-36(42-19-26)27-16-38-20-39-17-27)6-7-28(25)33(31(21)35(22(2)43)45-37(3,4)5)29-8-9-30-32-23(11-13-44-30)10-12-40-34(29)32/h6-14,16,18-22,38H,15,17H2,1-5H3;6-10,12,14-20,35H,11,13H2,1-5H3/t38-;35-/m11/s1. The number of benzene rings is 7. The number of nitrogens with zero attached hydrogens (tertiary/aromatic N) is 8. The van der Waals surface area contributed by atoms with Crippen LogP contribution in [0, 0.1) is 13.8 Å². The SMILES string of the molecule is CC(=O)[C@@H](OC(C)(C)C)c1c(C)cc2cc(-c3ccc(-c4cncnc4)cc3)ccc2c1-c1ccc2c3c(ccnc13)CCO2.CC(=O)[C@@H](OC(C)(C)C)c1c(C)cc2cc(-c3cnc(-c4cncnc4)nc3)ccc2c1-c1ccc2c3c(ccnc13)CCO2. The molecule has 0 radical (unpaired) electrons. The van der Waals surface area contributed by atoms with Crippen molar-refractivity contribution >= 4 is 54.9 Å². The summed E-state index contributed by atoms with van der Waals surface area (Å²) in [5, 5.41) is 6.22. The molecule has 0 amide bonds. The smallest absolute Gasteiger partial charge is 0.163 e. The number of ketones is 2. The van der Waals surface area contributed by atoms with Crippen LogP contribution in [0.4, 0.5) is 0 Å². The van der Waals surface area contributed by atoms with E-state index >= 15 is 0 Å². The van der Waals surface area contributed by atoms with Crippen LogP contribution in [0.15, 0.2) is 171 Å². The lowest BCUT2D eigenvalue weighted by molar-refractivity contribution is -0.139. The third kappa shape index (κ3) is 11.6. The quantitative estimate of drug-likeness (QED) is 0.113. The summed E-state index contributed by atoms with van der Waals surface area (Å²) in [7, 11) is 0. The second kappa shape index (κ2) is 23.8. The molecule has 14 nitrogen and oxygen atoms in total. The molecule has 448 valence electrons. The summed E-state index contributed by atoms with van der Waals surface area (Å²) in [6.07, 6.45) is 17.6. The van der Waals surface area contributed by atoms with Crippen molar-refractivity contribution in [2.45, 2.75) is 105 Å². The van der Waals surface area contributed by atoms with Crippen molar-refractivity contribution in [3.8, 4) is 78.5 Å². The maximum atomic E-state index is 13.3. The van der Waals surface area contributed by atoms with Gasteiger partial charge in [-0.05, 0) is 206 Å². The van der Waals surface area contributed by atoms with E-state index in [2.05, 4.69) is 134 Å². The van der Waals surface area contributed by atoms with Gasteiger partial charge in [0.15, 0.2) is 17.4 Å². The predicted octanol–water partition coefficient (Wildman–Crippen LogP) is 16.5. The van der Waals surface area contributed by atoms with E-state index in [1.807, 2.05) is 97.8 Å². The van der Waals surface area contributed by atoms with E-state index in [0.29, 0.717) is 19.0 Å². The van der Waals surface area contributed by atoms with Crippen molar-refractivity contribution in [2.75, 3.05) is 13.2 Å². The highest BCUT2D eigenvalue weighted by atomic mass is 16.5. The highest BCUT2D eigenvalue weighted by molar-refractivity contribution is 6.11. The Hall–Kier alpha value is -10.0. The summed E-state index contributed by atoms with van der Waals surface area (Å²) >= 11 is 0. The molecule has 2 atom stereocenters. The number of Topliss-reactive ketones (excluding diaryl/α,β-unsaturated/α-hetero) is 2. The molecule has 7 aromatic carbocycles. The van der Waals surface area contributed by atoms with E-state index < -0.39 is 23.4 Å². The molecule has 2 aliphatic rings. The number of fused-ring (bicyclic) bond motifs is 2. The number of carbonyl (C=O) groups is 2. The van der Waals surface area contributed by atoms with Gasteiger partial charge in [0.1, 0.15) is 36.4 Å². The second-order valence-corrected chi connectivity index (χ2v) is 25.2. The van der Waals surface area contributed by atoms with Crippen molar-refractivity contribution in [3.05, 3.63) is 205 Å². The Labute approximate surface area is 522 Å². The van der Waals surface area contributed by atoms with E-state index in [9.17, 15) is 9.59 Å². The van der Waals surface area contributed by atoms with Gasteiger partial charge in [-0.25, -0.2) is 29.9 Å². The van der Waals surface area contributed by atoms with Crippen LogP contribution in [0.1, 0.15) is 101 Å². The van der Waals surface area contributed by atoms with Gasteiger partial charge >= 0.3 is 0 Å². The first kappa shape index (κ1) is 59.0. The minimum Gasteiger partial charge on any atom is -0.493 e. The number of pyridine rings is 2. The molecule has 0 aliphatic carbocycles. The number of aryl methyl sites for hydroxylation is 2. The molecule has 0 fully saturated rings. The first-order valence-corrected chi connectivity index (χ1v) is 30.4. The van der Waals surface area contributed by atoms with E-state index in [0.717, 1.165) is 151 Å². The van der Waals surface area contributed by atoms with Gasteiger partial charge in [0.05, 0.1) is 41.0 Å². The van der Waals surface area contributed by atoms with Gasteiger partial charge in [0.2, 0.25) is 0 Å². The number of hydrogen-bond donors (Lipinski definition) is 0. The maximum Gasteiger partial charge on any atom is 0.163 e. The monoisotopic (exact) mass is 1190 g/mol. The van der Waals surface area contributed by atoms with Crippen LogP contribution < -0.4 is 9.47 Å². The van der Waals surface area contributed by atoms with Gasteiger partial charge in [-0.15, -0.1) is 0 Å². The summed E-state index contributed by atoms with van der Waals surface area (Å²) in [4.78, 5) is 62.0. The van der Waals surface area contributed by atoms with Crippen molar-refractivity contribution in [1.82, 2.24) is 39.9 Å². The Bertz CT molecular complexity index is 4450. The highest BCUT2D eigenvalue weighted by Gasteiger charge is 2.33. The van der Waals surface area contributed by atoms with Crippen LogP contribution in [0.5, 0.6) is 11.5 Å². The lowest BCUT2D eigenvalue weighted by Crippen LogP contribution is -2.27. The van der Waals surface area contributed by atoms with Gasteiger partial charge in [-0.2, -0.15) is 0 Å². The summed E-state index contributed by atoms with van der Waals surface area (Å²) in [5.41, 5.74) is 17.5. The molecule has 2 aliphatic heterocycles.